The van der Waals surface area contributed by atoms with Gasteiger partial charge in [-0.2, -0.15) is 0 Å². The molecule has 0 spiro atoms. The third-order valence-electron chi connectivity index (χ3n) is 1.74. The van der Waals surface area contributed by atoms with Crippen LogP contribution in [0, 0.1) is 5.92 Å². The van der Waals surface area contributed by atoms with E-state index in [1.807, 2.05) is 30.4 Å². The molecule has 0 rings (SSSR count). The highest BCUT2D eigenvalue weighted by molar-refractivity contribution is 5.09. The van der Waals surface area contributed by atoms with Gasteiger partial charge in [0, 0.05) is 0 Å². The van der Waals surface area contributed by atoms with Crippen molar-refractivity contribution in [3.05, 3.63) is 62.3 Å². The quantitative estimate of drug-likeness (QED) is 0.403. The first-order valence-electron chi connectivity index (χ1n) is 4.52. The maximum absolute atomic E-state index is 3.78. The summed E-state index contributed by atoms with van der Waals surface area (Å²) in [7, 11) is 0. The third-order valence-corrected chi connectivity index (χ3v) is 1.74. The number of allylic oxidation sites excluding steroid dienone is 7. The van der Waals surface area contributed by atoms with Crippen molar-refractivity contribution in [1.29, 1.82) is 0 Å². The number of hydrogen-bond donors (Lipinski definition) is 0. The molecule has 0 heteroatoms. The Morgan fingerprint density at radius 1 is 0.923 bits per heavy atom. The van der Waals surface area contributed by atoms with E-state index in [4.69, 9.17) is 0 Å². The molecule has 1 atom stereocenters. The normalized spacial score (nSPS) is 13.2. The Hall–Kier alpha value is -1.30. The summed E-state index contributed by atoms with van der Waals surface area (Å²) in [5.41, 5.74) is 0. The summed E-state index contributed by atoms with van der Waals surface area (Å²) in [6, 6.07) is 0. The van der Waals surface area contributed by atoms with Gasteiger partial charge in [-0.1, -0.05) is 49.1 Å². The smallest absolute Gasteiger partial charge is 0.0167 e. The van der Waals surface area contributed by atoms with E-state index >= 15 is 0 Å². The molecule has 70 valence electrons. The minimum atomic E-state index is 0.519. The van der Waals surface area contributed by atoms with Gasteiger partial charge in [0.25, 0.3) is 0 Å². The van der Waals surface area contributed by atoms with Gasteiger partial charge in [-0.3, -0.25) is 0 Å². The predicted molar refractivity (Wildman–Crippen MR) is 61.6 cm³/mol. The van der Waals surface area contributed by atoms with Gasteiger partial charge in [0.15, 0.2) is 0 Å². The Balaban J connectivity index is 3.75. The van der Waals surface area contributed by atoms with E-state index in [-0.39, 0.29) is 0 Å². The van der Waals surface area contributed by atoms with Crippen LogP contribution in [0.4, 0.5) is 0 Å². The zero-order valence-electron chi connectivity index (χ0n) is 8.15. The van der Waals surface area contributed by atoms with Crippen molar-refractivity contribution < 1.29 is 0 Å². The van der Waals surface area contributed by atoms with Crippen LogP contribution in [0.2, 0.25) is 0 Å². The lowest BCUT2D eigenvalue weighted by Gasteiger charge is -2.04. The molecule has 0 amide bonds. The molecule has 0 bridgehead atoms. The molecule has 0 nitrogen and oxygen atoms in total. The van der Waals surface area contributed by atoms with Crippen LogP contribution in [0.15, 0.2) is 62.3 Å². The first kappa shape index (κ1) is 11.7. The first-order chi connectivity index (χ1) is 6.35. The Kier molecular flexibility index (Phi) is 7.91. The van der Waals surface area contributed by atoms with Gasteiger partial charge in [0.05, 0.1) is 0 Å². The van der Waals surface area contributed by atoms with Crippen molar-refractivity contribution in [1.82, 2.24) is 0 Å². The van der Waals surface area contributed by atoms with Crippen LogP contribution in [0.25, 0.3) is 0 Å². The van der Waals surface area contributed by atoms with Gasteiger partial charge in [0.1, 0.15) is 0 Å². The van der Waals surface area contributed by atoms with E-state index in [0.29, 0.717) is 5.92 Å². The lowest BCUT2D eigenvalue weighted by atomic mass is 10.0. The molecule has 0 aromatic carbocycles. The van der Waals surface area contributed by atoms with Gasteiger partial charge in [-0.05, 0) is 18.8 Å². The Morgan fingerprint density at radius 3 is 2.23 bits per heavy atom. The van der Waals surface area contributed by atoms with Crippen LogP contribution in [-0.2, 0) is 0 Å². The van der Waals surface area contributed by atoms with Gasteiger partial charge in [-0.25, -0.2) is 0 Å². The average molecular weight is 174 g/mol. The summed E-state index contributed by atoms with van der Waals surface area (Å²) in [5.74, 6) is 0.519. The van der Waals surface area contributed by atoms with Crippen molar-refractivity contribution in [2.75, 3.05) is 0 Å². The monoisotopic (exact) mass is 174 g/mol. The minimum Gasteiger partial charge on any atom is -0.103 e. The highest BCUT2D eigenvalue weighted by atomic mass is 14.0. The third kappa shape index (κ3) is 7.07. The molecule has 0 saturated carbocycles. The molecule has 0 heterocycles. The first-order valence-corrected chi connectivity index (χ1v) is 4.52. The molecule has 13 heavy (non-hydrogen) atoms. The molecule has 0 aromatic heterocycles. The SMILES string of the molecule is C=C/C=C\C=C\CC(C=C)CC=C. The van der Waals surface area contributed by atoms with Crippen molar-refractivity contribution >= 4 is 0 Å². The molecule has 0 aliphatic rings. The second-order valence-corrected chi connectivity index (χ2v) is 2.80. The van der Waals surface area contributed by atoms with Crippen molar-refractivity contribution in [3.63, 3.8) is 0 Å². The number of rotatable bonds is 7. The Labute approximate surface area is 81.7 Å². The molecule has 0 aliphatic carbocycles. The molecule has 0 saturated heterocycles. The topological polar surface area (TPSA) is 0 Å². The van der Waals surface area contributed by atoms with E-state index in [1.165, 1.54) is 0 Å². The summed E-state index contributed by atoms with van der Waals surface area (Å²) in [6.45, 7) is 11.1. The van der Waals surface area contributed by atoms with Gasteiger partial charge < -0.3 is 0 Å². The van der Waals surface area contributed by atoms with Crippen molar-refractivity contribution in [2.45, 2.75) is 12.8 Å². The standard InChI is InChI=1S/C13H18/c1-4-7-8-9-10-12-13(6-3)11-5-2/h4-10,13H,1-3,11-12H2/b8-7-,10-9+. The average Bonchev–Trinajstić information content (AvgIpc) is 2.16. The van der Waals surface area contributed by atoms with Crippen LogP contribution < -0.4 is 0 Å². The summed E-state index contributed by atoms with van der Waals surface area (Å²) < 4.78 is 0. The van der Waals surface area contributed by atoms with Gasteiger partial charge in [-0.15, -0.1) is 13.2 Å². The van der Waals surface area contributed by atoms with Crippen LogP contribution in [0.5, 0.6) is 0 Å². The minimum absolute atomic E-state index is 0.519. The van der Waals surface area contributed by atoms with E-state index < -0.39 is 0 Å². The summed E-state index contributed by atoms with van der Waals surface area (Å²) >= 11 is 0. The second kappa shape index (κ2) is 8.79. The molecule has 1 unspecified atom stereocenters. The van der Waals surface area contributed by atoms with Gasteiger partial charge in [0.2, 0.25) is 0 Å². The lowest BCUT2D eigenvalue weighted by Crippen LogP contribution is -1.90. The van der Waals surface area contributed by atoms with Crippen LogP contribution in [0.3, 0.4) is 0 Å². The summed E-state index contributed by atoms with van der Waals surface area (Å²) in [5, 5.41) is 0. The van der Waals surface area contributed by atoms with Crippen molar-refractivity contribution in [3.8, 4) is 0 Å². The molecular weight excluding hydrogens is 156 g/mol. The Morgan fingerprint density at radius 2 is 1.69 bits per heavy atom. The van der Waals surface area contributed by atoms with Crippen LogP contribution >= 0.6 is 0 Å². The Bertz CT molecular complexity index is 206. The fourth-order valence-electron chi connectivity index (χ4n) is 0.977. The molecular formula is C13H18. The maximum atomic E-state index is 3.78. The van der Waals surface area contributed by atoms with Crippen LogP contribution in [-0.4, -0.2) is 0 Å². The number of hydrogen-bond acceptors (Lipinski definition) is 0. The molecule has 0 radical (unpaired) electrons. The lowest BCUT2D eigenvalue weighted by molar-refractivity contribution is 0.677. The fraction of sp³-hybridized carbons (Fsp3) is 0.231. The maximum Gasteiger partial charge on any atom is -0.0167 e. The fourth-order valence-corrected chi connectivity index (χ4v) is 0.977. The molecule has 0 aliphatic heterocycles. The van der Waals surface area contributed by atoms with Crippen molar-refractivity contribution in [2.24, 2.45) is 5.92 Å². The van der Waals surface area contributed by atoms with E-state index in [2.05, 4.69) is 25.8 Å². The van der Waals surface area contributed by atoms with E-state index in [1.54, 1.807) is 6.08 Å². The van der Waals surface area contributed by atoms with Gasteiger partial charge >= 0.3 is 0 Å². The van der Waals surface area contributed by atoms with Crippen LogP contribution in [0.1, 0.15) is 12.8 Å². The molecule has 0 N–H and O–H groups in total. The second-order valence-electron chi connectivity index (χ2n) is 2.80. The van der Waals surface area contributed by atoms with E-state index in [9.17, 15) is 0 Å². The highest BCUT2D eigenvalue weighted by Crippen LogP contribution is 2.10. The zero-order chi connectivity index (χ0) is 9.94. The summed E-state index contributed by atoms with van der Waals surface area (Å²) in [4.78, 5) is 0. The summed E-state index contributed by atoms with van der Waals surface area (Å²) in [6.07, 6.45) is 15.7. The predicted octanol–water partition coefficient (Wildman–Crippen LogP) is 4.05. The highest BCUT2D eigenvalue weighted by Gasteiger charge is 1.96. The molecule has 0 aromatic rings. The largest absolute Gasteiger partial charge is 0.103 e. The van der Waals surface area contributed by atoms with E-state index in [0.717, 1.165) is 12.8 Å². The zero-order valence-corrected chi connectivity index (χ0v) is 8.15. The molecule has 0 fully saturated rings.